The molecule has 0 saturated carbocycles. The molecule has 1 aliphatic heterocycles. The molecule has 134 valence electrons. The highest BCUT2D eigenvalue weighted by Gasteiger charge is 2.26. The van der Waals surface area contributed by atoms with Gasteiger partial charge in [0.2, 0.25) is 5.91 Å². The van der Waals surface area contributed by atoms with Crippen LogP contribution in [0.5, 0.6) is 0 Å². The molecule has 0 aliphatic carbocycles. The number of nitrogens with zero attached hydrogens (tertiary/aromatic N) is 4. The SMILES string of the molecule is Cc1ccccc1-c1nnc(SCC(=O)N2C[C@@H](C)O[C@@H](C)C2)n1C. The zero-order valence-electron chi connectivity index (χ0n) is 15.1. The number of rotatable bonds is 4. The van der Waals surface area contributed by atoms with Crippen molar-refractivity contribution in [3.8, 4) is 11.4 Å². The summed E-state index contributed by atoms with van der Waals surface area (Å²) >= 11 is 1.43. The lowest BCUT2D eigenvalue weighted by atomic mass is 10.1. The van der Waals surface area contributed by atoms with Gasteiger partial charge in [0.1, 0.15) is 0 Å². The Balaban J connectivity index is 1.66. The molecule has 3 rings (SSSR count). The third-order valence-corrected chi connectivity index (χ3v) is 5.32. The van der Waals surface area contributed by atoms with E-state index in [0.717, 1.165) is 22.1 Å². The summed E-state index contributed by atoms with van der Waals surface area (Å²) in [5.41, 5.74) is 2.22. The van der Waals surface area contributed by atoms with E-state index in [4.69, 9.17) is 4.74 Å². The Hall–Kier alpha value is -1.86. The van der Waals surface area contributed by atoms with Crippen LogP contribution >= 0.6 is 11.8 Å². The normalized spacial score (nSPS) is 20.7. The van der Waals surface area contributed by atoms with E-state index in [0.29, 0.717) is 18.8 Å². The first-order valence-corrected chi connectivity index (χ1v) is 9.45. The van der Waals surface area contributed by atoms with E-state index in [1.165, 1.54) is 11.8 Å². The fourth-order valence-electron chi connectivity index (χ4n) is 3.10. The summed E-state index contributed by atoms with van der Waals surface area (Å²) in [5, 5.41) is 9.32. The fourth-order valence-corrected chi connectivity index (χ4v) is 3.91. The first kappa shape index (κ1) is 17.9. The molecular formula is C18H24N4O2S. The number of morpholine rings is 1. The van der Waals surface area contributed by atoms with Gasteiger partial charge in [-0.05, 0) is 26.3 Å². The average Bonchev–Trinajstić information content (AvgIpc) is 2.93. The van der Waals surface area contributed by atoms with Crippen LogP contribution in [0.4, 0.5) is 0 Å². The maximum absolute atomic E-state index is 12.5. The minimum Gasteiger partial charge on any atom is -0.372 e. The number of benzene rings is 1. The lowest BCUT2D eigenvalue weighted by molar-refractivity contribution is -0.140. The number of ether oxygens (including phenoxy) is 1. The van der Waals surface area contributed by atoms with Crippen molar-refractivity contribution < 1.29 is 9.53 Å². The molecule has 2 aromatic rings. The monoisotopic (exact) mass is 360 g/mol. The number of carbonyl (C=O) groups is 1. The van der Waals surface area contributed by atoms with Crippen molar-refractivity contribution in [1.29, 1.82) is 0 Å². The molecule has 0 spiro atoms. The van der Waals surface area contributed by atoms with E-state index in [1.54, 1.807) is 0 Å². The smallest absolute Gasteiger partial charge is 0.233 e. The van der Waals surface area contributed by atoms with Crippen LogP contribution in [0.15, 0.2) is 29.4 Å². The van der Waals surface area contributed by atoms with Crippen molar-refractivity contribution in [2.24, 2.45) is 7.05 Å². The minimum atomic E-state index is 0.0835. The van der Waals surface area contributed by atoms with E-state index in [2.05, 4.69) is 23.2 Å². The summed E-state index contributed by atoms with van der Waals surface area (Å²) in [4.78, 5) is 14.4. The van der Waals surface area contributed by atoms with Crippen molar-refractivity contribution in [3.63, 3.8) is 0 Å². The highest BCUT2D eigenvalue weighted by molar-refractivity contribution is 7.99. The zero-order valence-corrected chi connectivity index (χ0v) is 15.9. The largest absolute Gasteiger partial charge is 0.372 e. The fraction of sp³-hybridized carbons (Fsp3) is 0.500. The van der Waals surface area contributed by atoms with Gasteiger partial charge in [-0.1, -0.05) is 36.0 Å². The Labute approximate surface area is 152 Å². The predicted octanol–water partition coefficient (Wildman–Crippen LogP) is 2.52. The van der Waals surface area contributed by atoms with Gasteiger partial charge in [0.05, 0.1) is 18.0 Å². The number of aryl methyl sites for hydroxylation is 1. The molecule has 1 aromatic carbocycles. The number of aromatic nitrogens is 3. The number of hydrogen-bond donors (Lipinski definition) is 0. The Morgan fingerprint density at radius 1 is 1.24 bits per heavy atom. The molecule has 7 heteroatoms. The number of carbonyl (C=O) groups excluding carboxylic acids is 1. The van der Waals surface area contributed by atoms with Crippen LogP contribution in [0.2, 0.25) is 0 Å². The predicted molar refractivity (Wildman–Crippen MR) is 98.5 cm³/mol. The summed E-state index contributed by atoms with van der Waals surface area (Å²) in [6, 6.07) is 8.10. The van der Waals surface area contributed by atoms with E-state index < -0.39 is 0 Å². The molecule has 0 unspecified atom stereocenters. The van der Waals surface area contributed by atoms with E-state index >= 15 is 0 Å². The molecule has 2 atom stereocenters. The molecule has 1 aliphatic rings. The van der Waals surface area contributed by atoms with E-state index in [9.17, 15) is 4.79 Å². The molecule has 1 fully saturated rings. The van der Waals surface area contributed by atoms with Crippen molar-refractivity contribution in [3.05, 3.63) is 29.8 Å². The van der Waals surface area contributed by atoms with Gasteiger partial charge in [-0.25, -0.2) is 0 Å². The van der Waals surface area contributed by atoms with Gasteiger partial charge in [0.15, 0.2) is 11.0 Å². The summed E-state index contributed by atoms with van der Waals surface area (Å²) in [7, 11) is 1.94. The molecule has 6 nitrogen and oxygen atoms in total. The van der Waals surface area contributed by atoms with Crippen molar-refractivity contribution in [2.75, 3.05) is 18.8 Å². The van der Waals surface area contributed by atoms with E-state index in [1.807, 2.05) is 48.6 Å². The third-order valence-electron chi connectivity index (χ3n) is 4.32. The summed E-state index contributed by atoms with van der Waals surface area (Å²) < 4.78 is 7.63. The summed E-state index contributed by atoms with van der Waals surface area (Å²) in [6.45, 7) is 7.36. The third kappa shape index (κ3) is 4.04. The highest BCUT2D eigenvalue weighted by atomic mass is 32.2. The number of amides is 1. The van der Waals surface area contributed by atoms with Crippen LogP contribution < -0.4 is 0 Å². The average molecular weight is 360 g/mol. The van der Waals surface area contributed by atoms with Gasteiger partial charge in [-0.2, -0.15) is 0 Å². The molecule has 1 saturated heterocycles. The molecule has 0 N–H and O–H groups in total. The Kier molecular flexibility index (Phi) is 5.44. The zero-order chi connectivity index (χ0) is 18.0. The van der Waals surface area contributed by atoms with Crippen molar-refractivity contribution in [2.45, 2.75) is 38.1 Å². The minimum absolute atomic E-state index is 0.0835. The summed E-state index contributed by atoms with van der Waals surface area (Å²) in [5.74, 6) is 1.30. The lowest BCUT2D eigenvalue weighted by Gasteiger charge is -2.35. The van der Waals surface area contributed by atoms with E-state index in [-0.39, 0.29) is 18.1 Å². The standard InChI is InChI=1S/C18H24N4O2S/c1-12-7-5-6-8-15(12)17-19-20-18(21(17)4)25-11-16(23)22-9-13(2)24-14(3)10-22/h5-8,13-14H,9-11H2,1-4H3/t13-,14+. The Bertz CT molecular complexity index is 751. The molecule has 25 heavy (non-hydrogen) atoms. The highest BCUT2D eigenvalue weighted by Crippen LogP contribution is 2.25. The second kappa shape index (κ2) is 7.58. The van der Waals surface area contributed by atoms with Gasteiger partial charge in [0.25, 0.3) is 0 Å². The second-order valence-corrected chi connectivity index (χ2v) is 7.47. The Morgan fingerprint density at radius 2 is 1.92 bits per heavy atom. The van der Waals surface area contributed by atoms with Crippen LogP contribution in [-0.4, -0.2) is 56.6 Å². The van der Waals surface area contributed by atoms with Gasteiger partial charge in [-0.3, -0.25) is 4.79 Å². The maximum Gasteiger partial charge on any atom is 0.233 e. The van der Waals surface area contributed by atoms with Crippen LogP contribution in [0.25, 0.3) is 11.4 Å². The lowest BCUT2D eigenvalue weighted by Crippen LogP contribution is -2.48. The number of hydrogen-bond acceptors (Lipinski definition) is 5. The van der Waals surface area contributed by atoms with Crippen molar-refractivity contribution in [1.82, 2.24) is 19.7 Å². The van der Waals surface area contributed by atoms with Crippen molar-refractivity contribution >= 4 is 17.7 Å². The molecule has 2 heterocycles. The number of thioether (sulfide) groups is 1. The maximum atomic E-state index is 12.5. The first-order valence-electron chi connectivity index (χ1n) is 8.47. The second-order valence-electron chi connectivity index (χ2n) is 6.52. The van der Waals surface area contributed by atoms with Crippen LogP contribution in [0.3, 0.4) is 0 Å². The molecule has 1 aromatic heterocycles. The van der Waals surface area contributed by atoms with Gasteiger partial charge in [0, 0.05) is 25.7 Å². The topological polar surface area (TPSA) is 60.3 Å². The molecular weight excluding hydrogens is 336 g/mol. The van der Waals surface area contributed by atoms with Crippen LogP contribution in [0, 0.1) is 6.92 Å². The van der Waals surface area contributed by atoms with Gasteiger partial charge >= 0.3 is 0 Å². The van der Waals surface area contributed by atoms with Crippen LogP contribution in [-0.2, 0) is 16.6 Å². The first-order chi connectivity index (χ1) is 12.0. The van der Waals surface area contributed by atoms with Gasteiger partial charge in [-0.15, -0.1) is 10.2 Å². The molecule has 0 radical (unpaired) electrons. The molecule has 1 amide bonds. The van der Waals surface area contributed by atoms with Gasteiger partial charge < -0.3 is 14.2 Å². The molecule has 0 bridgehead atoms. The Morgan fingerprint density at radius 3 is 2.60 bits per heavy atom. The summed E-state index contributed by atoms with van der Waals surface area (Å²) in [6.07, 6.45) is 0.167. The van der Waals surface area contributed by atoms with Crippen LogP contribution in [0.1, 0.15) is 19.4 Å². The quantitative estimate of drug-likeness (QED) is 0.784.